The standard InChI is InChI=1S/C19H24N2O2/c22-15-14-20-10-12-21(13-11-20)18-8-6-17(7-9-18)19(23)16-4-2-1-3-5-16/h1-9,19,22-23H,10-15H2. The molecule has 1 fully saturated rings. The molecule has 0 saturated carbocycles. The van der Waals surface area contributed by atoms with Gasteiger partial charge in [-0.05, 0) is 23.3 Å². The Balaban J connectivity index is 1.64. The first-order valence-corrected chi connectivity index (χ1v) is 8.19. The average Bonchev–Trinajstić information content (AvgIpc) is 2.63. The van der Waals surface area contributed by atoms with E-state index in [9.17, 15) is 5.11 Å². The van der Waals surface area contributed by atoms with Crippen LogP contribution in [0.1, 0.15) is 17.2 Å². The topological polar surface area (TPSA) is 46.9 Å². The predicted molar refractivity (Wildman–Crippen MR) is 92.7 cm³/mol. The lowest BCUT2D eigenvalue weighted by molar-refractivity contribution is 0.189. The molecule has 1 unspecified atom stereocenters. The fourth-order valence-corrected chi connectivity index (χ4v) is 3.07. The maximum absolute atomic E-state index is 10.4. The quantitative estimate of drug-likeness (QED) is 0.885. The van der Waals surface area contributed by atoms with Crippen LogP contribution >= 0.6 is 0 Å². The zero-order chi connectivity index (χ0) is 16.1. The monoisotopic (exact) mass is 312 g/mol. The predicted octanol–water partition coefficient (Wildman–Crippen LogP) is 1.88. The second kappa shape index (κ2) is 7.59. The minimum absolute atomic E-state index is 0.228. The van der Waals surface area contributed by atoms with Crippen molar-refractivity contribution in [3.05, 3.63) is 65.7 Å². The highest BCUT2D eigenvalue weighted by Crippen LogP contribution is 2.24. The van der Waals surface area contributed by atoms with Crippen LogP contribution in [-0.4, -0.2) is 54.4 Å². The Labute approximate surface area is 137 Å². The van der Waals surface area contributed by atoms with Crippen molar-refractivity contribution >= 4 is 5.69 Å². The lowest BCUT2D eigenvalue weighted by Crippen LogP contribution is -2.47. The maximum atomic E-state index is 10.4. The van der Waals surface area contributed by atoms with Gasteiger partial charge in [0, 0.05) is 38.4 Å². The van der Waals surface area contributed by atoms with Gasteiger partial charge in [-0.2, -0.15) is 0 Å². The molecule has 2 N–H and O–H groups in total. The molecule has 0 amide bonds. The van der Waals surface area contributed by atoms with Gasteiger partial charge in [-0.3, -0.25) is 4.90 Å². The number of aliphatic hydroxyl groups excluding tert-OH is 2. The van der Waals surface area contributed by atoms with Gasteiger partial charge >= 0.3 is 0 Å². The van der Waals surface area contributed by atoms with Gasteiger partial charge in [-0.1, -0.05) is 42.5 Å². The molecule has 2 aromatic rings. The van der Waals surface area contributed by atoms with E-state index in [4.69, 9.17) is 5.11 Å². The number of hydrogen-bond acceptors (Lipinski definition) is 4. The molecule has 0 aliphatic carbocycles. The number of rotatable bonds is 5. The summed E-state index contributed by atoms with van der Waals surface area (Å²) in [5.74, 6) is 0. The normalized spacial score (nSPS) is 17.2. The van der Waals surface area contributed by atoms with E-state index in [1.807, 2.05) is 42.5 Å². The summed E-state index contributed by atoms with van der Waals surface area (Å²) >= 11 is 0. The molecule has 1 aliphatic rings. The Morgan fingerprint density at radius 1 is 0.826 bits per heavy atom. The summed E-state index contributed by atoms with van der Waals surface area (Å²) in [6.07, 6.45) is -0.577. The highest BCUT2D eigenvalue weighted by molar-refractivity contribution is 5.49. The van der Waals surface area contributed by atoms with Crippen molar-refractivity contribution in [2.75, 3.05) is 44.2 Å². The van der Waals surface area contributed by atoms with E-state index in [0.29, 0.717) is 0 Å². The Bertz CT molecular complexity index is 593. The highest BCUT2D eigenvalue weighted by atomic mass is 16.3. The molecule has 2 aromatic carbocycles. The van der Waals surface area contributed by atoms with Gasteiger partial charge in [0.25, 0.3) is 0 Å². The van der Waals surface area contributed by atoms with E-state index in [2.05, 4.69) is 21.9 Å². The lowest BCUT2D eigenvalue weighted by Gasteiger charge is -2.35. The van der Waals surface area contributed by atoms with Gasteiger partial charge in [-0.15, -0.1) is 0 Å². The van der Waals surface area contributed by atoms with Gasteiger partial charge in [0.1, 0.15) is 6.10 Å². The smallest absolute Gasteiger partial charge is 0.104 e. The molecule has 1 atom stereocenters. The third-order valence-corrected chi connectivity index (χ3v) is 4.48. The molecule has 3 rings (SSSR count). The largest absolute Gasteiger partial charge is 0.395 e. The first-order valence-electron chi connectivity index (χ1n) is 8.19. The molecule has 0 radical (unpaired) electrons. The second-order valence-electron chi connectivity index (χ2n) is 5.96. The molecule has 0 spiro atoms. The Hall–Kier alpha value is -1.88. The van der Waals surface area contributed by atoms with E-state index < -0.39 is 6.10 Å². The fourth-order valence-electron chi connectivity index (χ4n) is 3.07. The molecule has 23 heavy (non-hydrogen) atoms. The van der Waals surface area contributed by atoms with Crippen molar-refractivity contribution in [1.29, 1.82) is 0 Å². The fraction of sp³-hybridized carbons (Fsp3) is 0.368. The summed E-state index contributed by atoms with van der Waals surface area (Å²) in [7, 11) is 0. The Morgan fingerprint density at radius 3 is 2.04 bits per heavy atom. The van der Waals surface area contributed by atoms with Gasteiger partial charge in [0.2, 0.25) is 0 Å². The van der Waals surface area contributed by atoms with E-state index >= 15 is 0 Å². The molecule has 0 aromatic heterocycles. The van der Waals surface area contributed by atoms with Crippen LogP contribution in [0.4, 0.5) is 5.69 Å². The summed E-state index contributed by atoms with van der Waals surface area (Å²) < 4.78 is 0. The molecule has 122 valence electrons. The average molecular weight is 312 g/mol. The number of anilines is 1. The van der Waals surface area contributed by atoms with Crippen LogP contribution in [0.15, 0.2) is 54.6 Å². The summed E-state index contributed by atoms with van der Waals surface area (Å²) in [6.45, 7) is 4.90. The lowest BCUT2D eigenvalue weighted by atomic mass is 10.0. The Kier molecular flexibility index (Phi) is 5.28. The van der Waals surface area contributed by atoms with Crippen molar-refractivity contribution in [2.24, 2.45) is 0 Å². The number of piperazine rings is 1. The first-order chi connectivity index (χ1) is 11.3. The molecule has 1 heterocycles. The van der Waals surface area contributed by atoms with Gasteiger partial charge in [-0.25, -0.2) is 0 Å². The molecule has 0 bridgehead atoms. The molecule has 4 nitrogen and oxygen atoms in total. The summed E-state index contributed by atoms with van der Waals surface area (Å²) in [5, 5.41) is 19.4. The van der Waals surface area contributed by atoms with Crippen LogP contribution in [0.2, 0.25) is 0 Å². The molecule has 1 aliphatic heterocycles. The highest BCUT2D eigenvalue weighted by Gasteiger charge is 2.17. The molecular weight excluding hydrogens is 288 g/mol. The number of aliphatic hydroxyl groups is 2. The number of benzene rings is 2. The van der Waals surface area contributed by atoms with Crippen LogP contribution < -0.4 is 4.90 Å². The number of nitrogens with zero attached hydrogens (tertiary/aromatic N) is 2. The van der Waals surface area contributed by atoms with Crippen molar-refractivity contribution in [3.63, 3.8) is 0 Å². The molecule has 1 saturated heterocycles. The summed E-state index contributed by atoms with van der Waals surface area (Å²) in [4.78, 5) is 4.64. The van der Waals surface area contributed by atoms with Crippen LogP contribution in [0.25, 0.3) is 0 Å². The minimum Gasteiger partial charge on any atom is -0.395 e. The van der Waals surface area contributed by atoms with Gasteiger partial charge < -0.3 is 15.1 Å². The second-order valence-corrected chi connectivity index (χ2v) is 5.96. The third kappa shape index (κ3) is 3.91. The van der Waals surface area contributed by atoms with E-state index in [0.717, 1.165) is 43.9 Å². The zero-order valence-corrected chi connectivity index (χ0v) is 13.3. The minimum atomic E-state index is -0.577. The number of β-amino-alcohol motifs (C(OH)–C–C–N with tert-alkyl or cyclic N) is 1. The van der Waals surface area contributed by atoms with E-state index in [1.54, 1.807) is 0 Å². The number of hydrogen-bond donors (Lipinski definition) is 2. The van der Waals surface area contributed by atoms with Crippen LogP contribution in [0.5, 0.6) is 0 Å². The van der Waals surface area contributed by atoms with Crippen LogP contribution in [0.3, 0.4) is 0 Å². The summed E-state index contributed by atoms with van der Waals surface area (Å²) in [5.41, 5.74) is 3.02. The van der Waals surface area contributed by atoms with Crippen molar-refractivity contribution in [3.8, 4) is 0 Å². The zero-order valence-electron chi connectivity index (χ0n) is 13.3. The van der Waals surface area contributed by atoms with Crippen molar-refractivity contribution in [2.45, 2.75) is 6.10 Å². The van der Waals surface area contributed by atoms with Gasteiger partial charge in [0.15, 0.2) is 0 Å². The third-order valence-electron chi connectivity index (χ3n) is 4.48. The Morgan fingerprint density at radius 2 is 1.43 bits per heavy atom. The van der Waals surface area contributed by atoms with Crippen molar-refractivity contribution in [1.82, 2.24) is 4.90 Å². The first kappa shape index (κ1) is 16.0. The van der Waals surface area contributed by atoms with Crippen LogP contribution in [0, 0.1) is 0 Å². The van der Waals surface area contributed by atoms with Crippen molar-refractivity contribution < 1.29 is 10.2 Å². The van der Waals surface area contributed by atoms with E-state index in [1.165, 1.54) is 5.69 Å². The van der Waals surface area contributed by atoms with Crippen LogP contribution in [-0.2, 0) is 0 Å². The molecule has 4 heteroatoms. The SMILES string of the molecule is OCCN1CCN(c2ccc(C(O)c3ccccc3)cc2)CC1. The summed E-state index contributed by atoms with van der Waals surface area (Å²) in [6, 6.07) is 17.9. The van der Waals surface area contributed by atoms with Gasteiger partial charge in [0.05, 0.1) is 6.61 Å². The molecular formula is C19H24N2O2. The maximum Gasteiger partial charge on any atom is 0.104 e. The van der Waals surface area contributed by atoms with E-state index in [-0.39, 0.29) is 6.61 Å².